The van der Waals surface area contributed by atoms with Crippen LogP contribution in [0.3, 0.4) is 0 Å². The molecular weight excluding hydrogens is 468 g/mol. The largest absolute Gasteiger partial charge is 0.320 e. The second kappa shape index (κ2) is 12.2. The molecule has 4 rings (SSSR count). The van der Waals surface area contributed by atoms with E-state index in [0.717, 1.165) is 30.7 Å². The predicted octanol–water partition coefficient (Wildman–Crippen LogP) is 8.12. The summed E-state index contributed by atoms with van der Waals surface area (Å²) in [5.74, 6) is 0. The Morgan fingerprint density at radius 2 is 1.41 bits per heavy atom. The molecule has 0 saturated carbocycles. The van der Waals surface area contributed by atoms with E-state index >= 15 is 0 Å². The Morgan fingerprint density at radius 3 is 2.08 bits per heavy atom. The fourth-order valence-corrected chi connectivity index (χ4v) is 6.55. The van der Waals surface area contributed by atoms with Gasteiger partial charge in [-0.2, -0.15) is 4.31 Å². The van der Waals surface area contributed by atoms with Crippen LogP contribution in [0.1, 0.15) is 48.1 Å². The molecule has 194 valence electrons. The van der Waals surface area contributed by atoms with Crippen molar-refractivity contribution in [3.8, 4) is 0 Å². The zero-order valence-corrected chi connectivity index (χ0v) is 24.5. The van der Waals surface area contributed by atoms with E-state index in [4.69, 9.17) is 0 Å². The van der Waals surface area contributed by atoms with Crippen molar-refractivity contribution in [1.29, 1.82) is 0 Å². The van der Waals surface area contributed by atoms with E-state index in [0.29, 0.717) is 0 Å². The molecular formula is C34H44N2S+2. The highest BCUT2D eigenvalue weighted by molar-refractivity contribution is 7.80. The smallest absolute Gasteiger partial charge is 0.179 e. The predicted molar refractivity (Wildman–Crippen MR) is 165 cm³/mol. The van der Waals surface area contributed by atoms with Gasteiger partial charge in [-0.1, -0.05) is 59.7 Å². The van der Waals surface area contributed by atoms with Crippen LogP contribution in [0.5, 0.6) is 0 Å². The molecule has 3 heteroatoms. The fraction of sp³-hybridized carbons (Fsp3) is 0.353. The molecule has 0 aliphatic heterocycles. The number of quaternary nitrogens is 1. The molecule has 0 heterocycles. The maximum Gasteiger partial charge on any atom is 0.179 e. The number of hydrogen-bond donors (Lipinski definition) is 0. The van der Waals surface area contributed by atoms with Crippen molar-refractivity contribution >= 4 is 28.4 Å². The zero-order chi connectivity index (χ0) is 26.4. The fourth-order valence-electron chi connectivity index (χ4n) is 5.45. The van der Waals surface area contributed by atoms with Gasteiger partial charge in [0.2, 0.25) is 0 Å². The van der Waals surface area contributed by atoms with Crippen LogP contribution in [0.4, 0.5) is 5.69 Å². The van der Waals surface area contributed by atoms with Gasteiger partial charge in [-0.25, -0.2) is 0 Å². The number of benzene rings is 4. The molecule has 0 radical (unpaired) electrons. The minimum atomic E-state index is 1.05. The lowest BCUT2D eigenvalue weighted by molar-refractivity contribution is -0.937. The molecule has 4 aromatic carbocycles. The molecule has 2 nitrogen and oxygen atoms in total. The number of nitrogens with zero attached hydrogens (tertiary/aromatic N) is 2. The van der Waals surface area contributed by atoms with Crippen molar-refractivity contribution in [2.45, 2.75) is 59.4 Å². The van der Waals surface area contributed by atoms with Crippen LogP contribution in [-0.2, 0) is 18.5 Å². The topological polar surface area (TPSA) is 3.24 Å². The Bertz CT molecular complexity index is 1320. The summed E-state index contributed by atoms with van der Waals surface area (Å²) in [5.41, 5.74) is 8.25. The second-order valence-electron chi connectivity index (χ2n) is 10.7. The standard InChI is InChI=1S/C34H43N2S/c1-7-36(8-2,25-30-21-26(3)20-27(4)22-30)19-11-18-35(33-16-14-28(5)29(6)23-33)37-34-17-15-31-12-9-10-13-32(31)24-34/h9-10,12-17,20-24H,7-8,11,18-19,25H2,1-6H3/q+1/p+1. The van der Waals surface area contributed by atoms with Crippen LogP contribution < -0.4 is 4.31 Å². The minimum Gasteiger partial charge on any atom is -0.320 e. The van der Waals surface area contributed by atoms with Crippen molar-refractivity contribution in [2.24, 2.45) is 0 Å². The van der Waals surface area contributed by atoms with Gasteiger partial charge in [0.15, 0.2) is 4.90 Å². The van der Waals surface area contributed by atoms with Crippen LogP contribution in [0.25, 0.3) is 10.8 Å². The number of anilines is 1. The van der Waals surface area contributed by atoms with Crippen molar-refractivity contribution in [3.05, 3.63) is 107 Å². The van der Waals surface area contributed by atoms with Crippen LogP contribution in [-0.4, -0.2) is 30.7 Å². The molecule has 0 aliphatic carbocycles. The van der Waals surface area contributed by atoms with Gasteiger partial charge in [0.05, 0.1) is 31.9 Å². The van der Waals surface area contributed by atoms with E-state index in [1.807, 2.05) is 0 Å². The van der Waals surface area contributed by atoms with E-state index in [1.165, 1.54) is 74.1 Å². The Balaban J connectivity index is 1.53. The third-order valence-corrected chi connectivity index (χ3v) is 9.08. The number of fused-ring (bicyclic) bond motifs is 1. The quantitative estimate of drug-likeness (QED) is 0.111. The molecule has 0 fully saturated rings. The SMILES string of the molecule is CC[N+](CC)(CCCN([SH+]c1ccc2ccccc2c1)c1ccc(C)c(C)c1)Cc1cc(C)cc(C)c1. The summed E-state index contributed by atoms with van der Waals surface area (Å²) in [6, 6.07) is 29.5. The van der Waals surface area contributed by atoms with Gasteiger partial charge in [0.1, 0.15) is 18.5 Å². The van der Waals surface area contributed by atoms with Crippen LogP contribution in [0.15, 0.2) is 83.8 Å². The van der Waals surface area contributed by atoms with E-state index in [9.17, 15) is 0 Å². The first-order valence-corrected chi connectivity index (χ1v) is 14.6. The van der Waals surface area contributed by atoms with Crippen LogP contribution >= 0.6 is 0 Å². The third-order valence-electron chi connectivity index (χ3n) is 7.90. The first-order chi connectivity index (χ1) is 17.8. The van der Waals surface area contributed by atoms with Gasteiger partial charge < -0.3 is 4.48 Å². The maximum absolute atomic E-state index is 2.56. The van der Waals surface area contributed by atoms with E-state index in [-0.39, 0.29) is 0 Å². The molecule has 0 saturated heterocycles. The van der Waals surface area contributed by atoms with Gasteiger partial charge in [0.25, 0.3) is 0 Å². The van der Waals surface area contributed by atoms with Crippen LogP contribution in [0.2, 0.25) is 0 Å². The summed E-state index contributed by atoms with van der Waals surface area (Å²) in [5, 5.41) is 2.62. The first kappa shape index (κ1) is 27.3. The lowest BCUT2D eigenvalue weighted by Gasteiger charge is -2.37. The van der Waals surface area contributed by atoms with Gasteiger partial charge in [-0.3, -0.25) is 0 Å². The number of thiol groups is 1. The summed E-state index contributed by atoms with van der Waals surface area (Å²) in [6.07, 6.45) is 1.17. The minimum absolute atomic E-state index is 1.05. The van der Waals surface area contributed by atoms with Crippen molar-refractivity contribution < 1.29 is 4.48 Å². The highest BCUT2D eigenvalue weighted by atomic mass is 32.2. The monoisotopic (exact) mass is 512 g/mol. The molecule has 0 amide bonds. The van der Waals surface area contributed by atoms with Gasteiger partial charge >= 0.3 is 0 Å². The zero-order valence-electron chi connectivity index (χ0n) is 23.6. The Morgan fingerprint density at radius 1 is 0.703 bits per heavy atom. The Hall–Kier alpha value is -2.75. The number of rotatable bonds is 11. The van der Waals surface area contributed by atoms with Crippen molar-refractivity contribution in [2.75, 3.05) is 30.5 Å². The van der Waals surface area contributed by atoms with Crippen molar-refractivity contribution in [1.82, 2.24) is 0 Å². The summed E-state index contributed by atoms with van der Waals surface area (Å²) in [4.78, 5) is 1.35. The number of aryl methyl sites for hydroxylation is 4. The lowest BCUT2D eigenvalue weighted by Crippen LogP contribution is -2.48. The lowest BCUT2D eigenvalue weighted by atomic mass is 10.1. The summed E-state index contributed by atoms with van der Waals surface area (Å²) < 4.78 is 3.70. The molecule has 37 heavy (non-hydrogen) atoms. The summed E-state index contributed by atoms with van der Waals surface area (Å²) in [6.45, 7) is 19.3. The Kier molecular flexibility index (Phi) is 9.00. The van der Waals surface area contributed by atoms with Gasteiger partial charge in [0, 0.05) is 18.1 Å². The maximum atomic E-state index is 2.56. The third kappa shape index (κ3) is 6.97. The average molecular weight is 513 g/mol. The first-order valence-electron chi connectivity index (χ1n) is 13.8. The normalized spacial score (nSPS) is 11.7. The van der Waals surface area contributed by atoms with E-state index in [2.05, 4.69) is 125 Å². The van der Waals surface area contributed by atoms with Gasteiger partial charge in [-0.05, 0) is 87.7 Å². The second-order valence-corrected chi connectivity index (χ2v) is 11.9. The average Bonchev–Trinajstić information content (AvgIpc) is 2.88. The van der Waals surface area contributed by atoms with E-state index < -0.39 is 0 Å². The van der Waals surface area contributed by atoms with Crippen molar-refractivity contribution in [3.63, 3.8) is 0 Å². The van der Waals surface area contributed by atoms with Gasteiger partial charge in [-0.15, -0.1) is 0 Å². The number of hydrogen-bond acceptors (Lipinski definition) is 1. The highest BCUT2D eigenvalue weighted by Crippen LogP contribution is 2.25. The molecule has 0 unspecified atom stereocenters. The molecule has 4 aromatic rings. The molecule has 0 N–H and O–H groups in total. The Labute approximate surface area is 229 Å². The highest BCUT2D eigenvalue weighted by Gasteiger charge is 2.26. The molecule has 0 atom stereocenters. The summed E-state index contributed by atoms with van der Waals surface area (Å²) in [7, 11) is 0. The van der Waals surface area contributed by atoms with E-state index in [1.54, 1.807) is 0 Å². The molecule has 0 aliphatic rings. The molecule has 0 spiro atoms. The molecule has 0 bridgehead atoms. The summed E-state index contributed by atoms with van der Waals surface area (Å²) >= 11 is 1.25. The molecule has 0 aromatic heterocycles. The van der Waals surface area contributed by atoms with Crippen LogP contribution in [0, 0.1) is 27.7 Å².